The Hall–Kier alpha value is -2.47. The Bertz CT molecular complexity index is 556. The molecule has 92 valence electrons. The lowest BCUT2D eigenvalue weighted by Crippen LogP contribution is -2.14. The molecule has 0 radical (unpaired) electrons. The zero-order chi connectivity index (χ0) is 13.0. The summed E-state index contributed by atoms with van der Waals surface area (Å²) < 4.78 is 0. The van der Waals surface area contributed by atoms with Gasteiger partial charge in [0.2, 0.25) is 0 Å². The third-order valence-corrected chi connectivity index (χ3v) is 2.46. The average molecular weight is 243 g/mol. The maximum atomic E-state index is 12.0. The minimum absolute atomic E-state index is 0.203. The van der Waals surface area contributed by atoms with Crippen LogP contribution >= 0.6 is 0 Å². The number of carbonyl (C=O) groups is 1. The first-order valence-electron chi connectivity index (χ1n) is 5.34. The van der Waals surface area contributed by atoms with Crippen LogP contribution in [0, 0.1) is 6.92 Å². The van der Waals surface area contributed by atoms with Crippen LogP contribution in [0.4, 0.5) is 11.4 Å². The summed E-state index contributed by atoms with van der Waals surface area (Å²) >= 11 is 0. The quantitative estimate of drug-likeness (QED) is 0.558. The van der Waals surface area contributed by atoms with Crippen molar-refractivity contribution in [3.8, 4) is 0 Å². The molecule has 1 aromatic heterocycles. The van der Waals surface area contributed by atoms with E-state index in [1.165, 1.54) is 18.7 Å². The largest absolute Gasteiger partial charge is 0.324 e. The molecule has 0 spiro atoms. The topological polar surface area (TPSA) is 92.9 Å². The lowest BCUT2D eigenvalue weighted by molar-refractivity contribution is 0.102. The van der Waals surface area contributed by atoms with Crippen molar-refractivity contribution in [2.24, 2.45) is 5.84 Å². The predicted molar refractivity (Wildman–Crippen MR) is 69.0 cm³/mol. The molecular weight excluding hydrogens is 230 g/mol. The van der Waals surface area contributed by atoms with Crippen LogP contribution in [-0.2, 0) is 0 Å². The number of hydrogen-bond donors (Lipinski definition) is 3. The van der Waals surface area contributed by atoms with Gasteiger partial charge in [0.15, 0.2) is 0 Å². The summed E-state index contributed by atoms with van der Waals surface area (Å²) in [7, 11) is 0. The number of anilines is 2. The SMILES string of the molecule is Cc1cc(NN)ccc1C(=O)Nc1cncnc1. The normalized spacial score (nSPS) is 9.89. The van der Waals surface area contributed by atoms with Crippen LogP contribution in [-0.4, -0.2) is 15.9 Å². The van der Waals surface area contributed by atoms with Crippen molar-refractivity contribution in [3.63, 3.8) is 0 Å². The minimum Gasteiger partial charge on any atom is -0.324 e. The Morgan fingerprint density at radius 3 is 2.56 bits per heavy atom. The van der Waals surface area contributed by atoms with Gasteiger partial charge in [0.25, 0.3) is 5.91 Å². The van der Waals surface area contributed by atoms with Gasteiger partial charge in [0.1, 0.15) is 6.33 Å². The van der Waals surface area contributed by atoms with Gasteiger partial charge in [-0.25, -0.2) is 9.97 Å². The van der Waals surface area contributed by atoms with E-state index in [0.717, 1.165) is 11.3 Å². The summed E-state index contributed by atoms with van der Waals surface area (Å²) in [5, 5.41) is 2.72. The van der Waals surface area contributed by atoms with Crippen LogP contribution < -0.4 is 16.6 Å². The van der Waals surface area contributed by atoms with Gasteiger partial charge in [-0.05, 0) is 30.7 Å². The fourth-order valence-corrected chi connectivity index (χ4v) is 1.57. The van der Waals surface area contributed by atoms with E-state index in [4.69, 9.17) is 5.84 Å². The van der Waals surface area contributed by atoms with E-state index in [-0.39, 0.29) is 5.91 Å². The Morgan fingerprint density at radius 1 is 1.22 bits per heavy atom. The molecule has 1 heterocycles. The molecule has 0 aliphatic carbocycles. The number of hydrogen-bond acceptors (Lipinski definition) is 5. The molecule has 0 aliphatic heterocycles. The van der Waals surface area contributed by atoms with Crippen molar-refractivity contribution in [1.29, 1.82) is 0 Å². The van der Waals surface area contributed by atoms with Gasteiger partial charge in [-0.15, -0.1) is 0 Å². The van der Waals surface area contributed by atoms with Crippen LogP contribution in [0.15, 0.2) is 36.9 Å². The Balaban J connectivity index is 2.19. The number of nitrogens with one attached hydrogen (secondary N) is 2. The van der Waals surface area contributed by atoms with Gasteiger partial charge in [-0.2, -0.15) is 0 Å². The van der Waals surface area contributed by atoms with Crippen LogP contribution in [0.25, 0.3) is 0 Å². The van der Waals surface area contributed by atoms with E-state index in [1.54, 1.807) is 18.2 Å². The molecule has 0 unspecified atom stereocenters. The Morgan fingerprint density at radius 2 is 1.94 bits per heavy atom. The maximum Gasteiger partial charge on any atom is 0.256 e. The van der Waals surface area contributed by atoms with E-state index >= 15 is 0 Å². The second-order valence-corrected chi connectivity index (χ2v) is 3.76. The van der Waals surface area contributed by atoms with Crippen molar-refractivity contribution in [1.82, 2.24) is 9.97 Å². The number of nitrogens with two attached hydrogens (primary N) is 1. The second-order valence-electron chi connectivity index (χ2n) is 3.76. The number of nitrogen functional groups attached to an aromatic ring is 1. The van der Waals surface area contributed by atoms with Gasteiger partial charge in [-0.3, -0.25) is 10.6 Å². The molecule has 0 saturated heterocycles. The molecular formula is C12H13N5O. The highest BCUT2D eigenvalue weighted by Crippen LogP contribution is 2.15. The number of nitrogens with zero attached hydrogens (tertiary/aromatic N) is 2. The molecule has 0 fully saturated rings. The molecule has 18 heavy (non-hydrogen) atoms. The molecule has 0 aliphatic rings. The van der Waals surface area contributed by atoms with E-state index < -0.39 is 0 Å². The number of aryl methyl sites for hydroxylation is 1. The van der Waals surface area contributed by atoms with Crippen LogP contribution in [0.5, 0.6) is 0 Å². The Kier molecular flexibility index (Phi) is 3.49. The van der Waals surface area contributed by atoms with E-state index in [9.17, 15) is 4.79 Å². The number of benzene rings is 1. The summed E-state index contributed by atoms with van der Waals surface area (Å²) in [6, 6.07) is 5.25. The molecule has 1 aromatic carbocycles. The molecule has 1 amide bonds. The monoisotopic (exact) mass is 243 g/mol. The van der Waals surface area contributed by atoms with E-state index in [0.29, 0.717) is 11.3 Å². The standard InChI is InChI=1S/C12H13N5O/c1-8-4-9(17-13)2-3-11(8)12(18)16-10-5-14-7-15-6-10/h2-7,17H,13H2,1H3,(H,16,18). The van der Waals surface area contributed by atoms with Crippen molar-refractivity contribution >= 4 is 17.3 Å². The highest BCUT2D eigenvalue weighted by atomic mass is 16.1. The number of carbonyl (C=O) groups excluding carboxylic acids is 1. The maximum absolute atomic E-state index is 12.0. The van der Waals surface area contributed by atoms with Crippen LogP contribution in [0.3, 0.4) is 0 Å². The van der Waals surface area contributed by atoms with Crippen molar-refractivity contribution in [2.45, 2.75) is 6.92 Å². The Labute approximate surface area is 104 Å². The summed E-state index contributed by atoms with van der Waals surface area (Å²) in [6.07, 6.45) is 4.48. The van der Waals surface area contributed by atoms with Crippen LogP contribution in [0.1, 0.15) is 15.9 Å². The van der Waals surface area contributed by atoms with Crippen molar-refractivity contribution in [2.75, 3.05) is 10.7 Å². The minimum atomic E-state index is -0.203. The van der Waals surface area contributed by atoms with Crippen LogP contribution in [0.2, 0.25) is 0 Å². The average Bonchev–Trinajstić information content (AvgIpc) is 2.39. The molecule has 6 nitrogen and oxygen atoms in total. The summed E-state index contributed by atoms with van der Waals surface area (Å²) in [4.78, 5) is 19.7. The first-order chi connectivity index (χ1) is 8.70. The van der Waals surface area contributed by atoms with Gasteiger partial charge in [-0.1, -0.05) is 0 Å². The smallest absolute Gasteiger partial charge is 0.256 e. The summed E-state index contributed by atoms with van der Waals surface area (Å²) in [5.74, 6) is 5.10. The summed E-state index contributed by atoms with van der Waals surface area (Å²) in [5.41, 5.74) is 5.26. The number of amides is 1. The third-order valence-electron chi connectivity index (χ3n) is 2.46. The highest BCUT2D eigenvalue weighted by Gasteiger charge is 2.09. The molecule has 4 N–H and O–H groups in total. The molecule has 0 saturated carbocycles. The third kappa shape index (κ3) is 2.61. The number of rotatable bonds is 3. The fraction of sp³-hybridized carbons (Fsp3) is 0.0833. The molecule has 2 aromatic rings. The molecule has 2 rings (SSSR count). The van der Waals surface area contributed by atoms with Gasteiger partial charge < -0.3 is 10.7 Å². The second kappa shape index (κ2) is 5.24. The molecule has 0 atom stereocenters. The first kappa shape index (κ1) is 12.0. The number of hydrazine groups is 1. The van der Waals surface area contributed by atoms with Crippen molar-refractivity contribution < 1.29 is 4.79 Å². The van der Waals surface area contributed by atoms with Gasteiger partial charge in [0, 0.05) is 11.3 Å². The lowest BCUT2D eigenvalue weighted by Gasteiger charge is -2.08. The molecule has 6 heteroatoms. The zero-order valence-electron chi connectivity index (χ0n) is 9.84. The lowest BCUT2D eigenvalue weighted by atomic mass is 10.1. The van der Waals surface area contributed by atoms with E-state index in [2.05, 4.69) is 20.7 Å². The van der Waals surface area contributed by atoms with Gasteiger partial charge >= 0.3 is 0 Å². The summed E-state index contributed by atoms with van der Waals surface area (Å²) in [6.45, 7) is 1.84. The zero-order valence-corrected chi connectivity index (χ0v) is 9.84. The van der Waals surface area contributed by atoms with E-state index in [1.807, 2.05) is 6.92 Å². The predicted octanol–water partition coefficient (Wildman–Crippen LogP) is 1.32. The van der Waals surface area contributed by atoms with Crippen molar-refractivity contribution in [3.05, 3.63) is 48.0 Å². The molecule has 0 bridgehead atoms. The highest BCUT2D eigenvalue weighted by molar-refractivity contribution is 6.05. The first-order valence-corrected chi connectivity index (χ1v) is 5.34. The fourth-order valence-electron chi connectivity index (χ4n) is 1.57. The number of aromatic nitrogens is 2. The van der Waals surface area contributed by atoms with Gasteiger partial charge in [0.05, 0.1) is 18.1 Å².